The first-order valence-corrected chi connectivity index (χ1v) is 18.5. The van der Waals surface area contributed by atoms with Gasteiger partial charge in [0.05, 0.1) is 19.9 Å². The molecule has 2 atom stereocenters. The van der Waals surface area contributed by atoms with E-state index in [0.717, 1.165) is 30.4 Å². The van der Waals surface area contributed by atoms with Gasteiger partial charge in [-0.05, 0) is 62.6 Å². The molecule has 0 bridgehead atoms. The monoisotopic (exact) mass is 745 g/mol. The van der Waals surface area contributed by atoms with Crippen molar-refractivity contribution in [1.29, 1.82) is 0 Å². The van der Waals surface area contributed by atoms with Crippen LogP contribution in [0.4, 0.5) is 0 Å². The van der Waals surface area contributed by atoms with E-state index in [4.69, 9.17) is 10.5 Å². The van der Waals surface area contributed by atoms with Crippen molar-refractivity contribution in [2.75, 3.05) is 32.2 Å². The van der Waals surface area contributed by atoms with Gasteiger partial charge in [-0.1, -0.05) is 60.0 Å². The maximum absolute atomic E-state index is 12.9. The van der Waals surface area contributed by atoms with Crippen LogP contribution in [0.2, 0.25) is 0 Å². The molecule has 0 aliphatic rings. The molecule has 47 heavy (non-hydrogen) atoms. The summed E-state index contributed by atoms with van der Waals surface area (Å²) in [7, 11) is -0.701. The van der Waals surface area contributed by atoms with Crippen LogP contribution in [0, 0.1) is 0 Å². The SMILES string of the molecule is CCOC(=O)C(N)CCC(=O)NC(C[SH]=CCCC[P+](c1ccccc1)(c1ccccc1)c1ccccc1)C(=O)NCC(=O)OC.[Br-]. The number of unbranched alkanes of at least 4 members (excludes halogenated alkanes) is 1. The van der Waals surface area contributed by atoms with Crippen molar-refractivity contribution in [2.45, 2.75) is 44.7 Å². The Morgan fingerprint density at radius 1 is 0.894 bits per heavy atom. The number of nitrogens with one attached hydrogen (secondary N) is 2. The molecule has 0 saturated heterocycles. The standard InChI is InChI=1S/C35H44N3O6PS.BrH/c1-3-44-35(42)30(36)21-22-32(39)38-31(34(41)37-25-33(40)43-2)26-46-24-14-13-23-45(27-15-7-4-8-16-27,28-17-9-5-10-18-28)29-19-11-6-12-20-29;/h4-12,15-20,24,30-31,46H,3,13-14,21-23,25-26,36H2,1-2H3,(H-,37,38,39,41);1H. The van der Waals surface area contributed by atoms with Crippen molar-refractivity contribution in [2.24, 2.45) is 5.73 Å². The van der Waals surface area contributed by atoms with Crippen LogP contribution >= 0.6 is 18.6 Å². The highest BCUT2D eigenvalue weighted by molar-refractivity contribution is 7.97. The number of halogens is 1. The maximum atomic E-state index is 12.9. The van der Waals surface area contributed by atoms with Gasteiger partial charge < -0.3 is 42.8 Å². The van der Waals surface area contributed by atoms with E-state index in [1.54, 1.807) is 6.92 Å². The largest absolute Gasteiger partial charge is 1.00 e. The fourth-order valence-corrected chi connectivity index (χ4v) is 10.4. The zero-order valence-electron chi connectivity index (χ0n) is 26.8. The summed E-state index contributed by atoms with van der Waals surface area (Å²) >= 11 is 0.865. The lowest BCUT2D eigenvalue weighted by Gasteiger charge is -2.27. The lowest BCUT2D eigenvalue weighted by Crippen LogP contribution is -3.00. The van der Waals surface area contributed by atoms with Gasteiger partial charge in [0.2, 0.25) is 11.8 Å². The molecule has 2 amide bonds. The van der Waals surface area contributed by atoms with Gasteiger partial charge in [0.1, 0.15) is 41.8 Å². The topological polar surface area (TPSA) is 137 Å². The number of rotatable bonds is 18. The average Bonchev–Trinajstić information content (AvgIpc) is 3.09. The Bertz CT molecular complexity index is 1340. The summed E-state index contributed by atoms with van der Waals surface area (Å²) in [6, 6.07) is 30.3. The number of nitrogens with two attached hydrogens (primary N) is 1. The van der Waals surface area contributed by atoms with Crippen LogP contribution in [0.3, 0.4) is 0 Å². The summed E-state index contributed by atoms with van der Waals surface area (Å²) in [5.41, 5.74) is 5.82. The van der Waals surface area contributed by atoms with Gasteiger partial charge in [-0.3, -0.25) is 19.2 Å². The molecule has 2 unspecified atom stereocenters. The summed E-state index contributed by atoms with van der Waals surface area (Å²) in [6.07, 6.45) is 2.74. The van der Waals surface area contributed by atoms with Crippen molar-refractivity contribution in [3.8, 4) is 0 Å². The van der Waals surface area contributed by atoms with Gasteiger partial charge in [-0.2, -0.15) is 0 Å². The Morgan fingerprint density at radius 3 is 1.91 bits per heavy atom. The zero-order chi connectivity index (χ0) is 33.2. The van der Waals surface area contributed by atoms with Gasteiger partial charge in [0.15, 0.2) is 0 Å². The van der Waals surface area contributed by atoms with Crippen LogP contribution in [0.5, 0.6) is 0 Å². The van der Waals surface area contributed by atoms with Gasteiger partial charge in [0, 0.05) is 12.2 Å². The second-order valence-electron chi connectivity index (χ2n) is 10.5. The van der Waals surface area contributed by atoms with Crippen LogP contribution in [0.1, 0.15) is 32.6 Å². The number of methoxy groups -OCH3 is 1. The number of carbonyl (C=O) groups excluding carboxylic acids is 4. The van der Waals surface area contributed by atoms with E-state index in [1.165, 1.54) is 23.0 Å². The molecule has 3 rings (SSSR count). The Balaban J connectivity index is 0.00000768. The third-order valence-electron chi connectivity index (χ3n) is 7.39. The molecule has 3 aromatic rings. The highest BCUT2D eigenvalue weighted by atomic mass is 79.9. The minimum absolute atomic E-state index is 0. The fourth-order valence-electron chi connectivity index (χ4n) is 5.04. The van der Waals surface area contributed by atoms with Crippen LogP contribution in [0.25, 0.3) is 0 Å². The molecule has 0 heterocycles. The predicted octanol–water partition coefficient (Wildman–Crippen LogP) is -0.523. The van der Waals surface area contributed by atoms with Crippen molar-refractivity contribution in [1.82, 2.24) is 10.6 Å². The summed E-state index contributed by atoms with van der Waals surface area (Å²) in [5, 5.41) is 11.4. The quantitative estimate of drug-likeness (QED) is 0.0453. The number of hydrogen-bond donors (Lipinski definition) is 4. The van der Waals surface area contributed by atoms with E-state index >= 15 is 0 Å². The highest BCUT2D eigenvalue weighted by Gasteiger charge is 2.44. The predicted molar refractivity (Wildman–Crippen MR) is 190 cm³/mol. The Morgan fingerprint density at radius 2 is 1.43 bits per heavy atom. The van der Waals surface area contributed by atoms with Crippen LogP contribution in [0.15, 0.2) is 91.0 Å². The molecule has 0 aliphatic heterocycles. The fraction of sp³-hybridized carbons (Fsp3) is 0.343. The normalized spacial score (nSPS) is 12.5. The van der Waals surface area contributed by atoms with Gasteiger partial charge >= 0.3 is 11.9 Å². The number of hydrogen-bond acceptors (Lipinski definition) is 7. The van der Waals surface area contributed by atoms with E-state index in [1.807, 2.05) is 18.2 Å². The number of carbonyl (C=O) groups is 4. The Kier molecular flexibility index (Phi) is 18.2. The molecule has 0 saturated carbocycles. The summed E-state index contributed by atoms with van der Waals surface area (Å²) in [6.45, 7) is 1.57. The number of esters is 2. The van der Waals surface area contributed by atoms with Crippen molar-refractivity contribution >= 4 is 63.6 Å². The molecule has 9 nitrogen and oxygen atoms in total. The van der Waals surface area contributed by atoms with Gasteiger partial charge in [-0.25, -0.2) is 11.4 Å². The molecular formula is C35H45BrN3O6PS. The van der Waals surface area contributed by atoms with Crippen molar-refractivity contribution in [3.05, 3.63) is 91.0 Å². The van der Waals surface area contributed by atoms with Crippen LogP contribution in [-0.2, 0) is 28.7 Å². The van der Waals surface area contributed by atoms with E-state index < -0.39 is 43.1 Å². The third-order valence-corrected chi connectivity index (χ3v) is 13.0. The van der Waals surface area contributed by atoms with Crippen LogP contribution < -0.4 is 49.3 Å². The van der Waals surface area contributed by atoms with E-state index in [-0.39, 0.29) is 43.0 Å². The first kappa shape index (κ1) is 39.8. The Hall–Kier alpha value is -3.37. The van der Waals surface area contributed by atoms with E-state index in [2.05, 4.69) is 93.5 Å². The van der Waals surface area contributed by atoms with Crippen molar-refractivity contribution < 1.29 is 45.6 Å². The minimum Gasteiger partial charge on any atom is -1.00 e. The number of benzene rings is 3. The molecule has 254 valence electrons. The number of thiol groups is 1. The molecule has 12 heteroatoms. The maximum Gasteiger partial charge on any atom is 0.325 e. The minimum atomic E-state index is -1.94. The molecule has 3 aromatic carbocycles. The van der Waals surface area contributed by atoms with Gasteiger partial charge in [-0.15, -0.1) is 0 Å². The smallest absolute Gasteiger partial charge is 0.325 e. The molecule has 0 spiro atoms. The molecule has 0 aromatic heterocycles. The number of amides is 2. The molecular weight excluding hydrogens is 701 g/mol. The second-order valence-corrected chi connectivity index (χ2v) is 15.3. The van der Waals surface area contributed by atoms with E-state index in [0.29, 0.717) is 5.75 Å². The molecule has 0 radical (unpaired) electrons. The summed E-state index contributed by atoms with van der Waals surface area (Å²) < 4.78 is 9.51. The Labute approximate surface area is 292 Å². The lowest BCUT2D eigenvalue weighted by atomic mass is 10.1. The summed E-state index contributed by atoms with van der Waals surface area (Å²) in [5.74, 6) is -1.76. The number of ether oxygens (including phenoxy) is 2. The van der Waals surface area contributed by atoms with Crippen molar-refractivity contribution in [3.63, 3.8) is 0 Å². The highest BCUT2D eigenvalue weighted by Crippen LogP contribution is 2.55. The third kappa shape index (κ3) is 12.3. The summed E-state index contributed by atoms with van der Waals surface area (Å²) in [4.78, 5) is 49.0. The average molecular weight is 747 g/mol. The van der Waals surface area contributed by atoms with Crippen LogP contribution in [-0.4, -0.2) is 73.4 Å². The van der Waals surface area contributed by atoms with E-state index in [9.17, 15) is 19.2 Å². The van der Waals surface area contributed by atoms with Gasteiger partial charge in [0.25, 0.3) is 0 Å². The lowest BCUT2D eigenvalue weighted by molar-refractivity contribution is -0.145. The molecule has 0 fully saturated rings. The zero-order valence-corrected chi connectivity index (χ0v) is 30.2. The molecule has 4 N–H and O–H groups in total. The first-order valence-electron chi connectivity index (χ1n) is 15.4. The second kappa shape index (κ2) is 21.5. The molecule has 0 aliphatic carbocycles. The first-order chi connectivity index (χ1) is 22.3.